The topological polar surface area (TPSA) is 91.7 Å². The highest BCUT2D eigenvalue weighted by atomic mass is 16.4. The van der Waals surface area contributed by atoms with E-state index < -0.39 is 23.6 Å². The molecule has 0 aromatic rings. The molecule has 0 saturated heterocycles. The summed E-state index contributed by atoms with van der Waals surface area (Å²) in [5.41, 5.74) is -0.268. The van der Waals surface area contributed by atoms with Crippen LogP contribution in [0.25, 0.3) is 0 Å². The Morgan fingerprint density at radius 3 is 2.50 bits per heavy atom. The Bertz CT molecular complexity index is 288. The predicted molar refractivity (Wildman–Crippen MR) is 36.4 cm³/mol. The van der Waals surface area contributed by atoms with Gasteiger partial charge in [0.05, 0.1) is 0 Å². The molecule has 12 heavy (non-hydrogen) atoms. The van der Waals surface area contributed by atoms with Crippen LogP contribution in [0.3, 0.4) is 0 Å². The number of ketones is 2. The molecule has 0 saturated carbocycles. The van der Waals surface area contributed by atoms with Gasteiger partial charge in [-0.1, -0.05) is 0 Å². The monoisotopic (exact) mass is 170 g/mol. The lowest BCUT2D eigenvalue weighted by molar-refractivity contribution is -0.140. The predicted octanol–water partition coefficient (Wildman–Crippen LogP) is -1.10. The van der Waals surface area contributed by atoms with Gasteiger partial charge in [0.25, 0.3) is 0 Å². The van der Waals surface area contributed by atoms with Crippen LogP contribution in [-0.4, -0.2) is 33.9 Å². The molecule has 0 aromatic carbocycles. The van der Waals surface area contributed by atoms with Crippen LogP contribution in [0.5, 0.6) is 0 Å². The molecular formula is C7H6O5. The van der Waals surface area contributed by atoms with Crippen molar-refractivity contribution >= 4 is 17.5 Å². The van der Waals surface area contributed by atoms with Gasteiger partial charge in [-0.25, -0.2) is 4.79 Å². The Kier molecular flexibility index (Phi) is 2.05. The first kappa shape index (κ1) is 8.61. The summed E-state index contributed by atoms with van der Waals surface area (Å²) in [6, 6.07) is 0. The molecule has 64 valence electrons. The first-order valence-electron chi connectivity index (χ1n) is 3.21. The van der Waals surface area contributed by atoms with Crippen LogP contribution in [0.2, 0.25) is 0 Å². The highest BCUT2D eigenvalue weighted by molar-refractivity contribution is 6.17. The molecule has 0 aliphatic heterocycles. The molecule has 1 aliphatic rings. The molecule has 0 heterocycles. The molecular weight excluding hydrogens is 164 g/mol. The van der Waals surface area contributed by atoms with Crippen LogP contribution < -0.4 is 0 Å². The van der Waals surface area contributed by atoms with Crippen molar-refractivity contribution in [2.45, 2.75) is 12.5 Å². The van der Waals surface area contributed by atoms with E-state index in [9.17, 15) is 14.4 Å². The van der Waals surface area contributed by atoms with Crippen molar-refractivity contribution < 1.29 is 24.6 Å². The van der Waals surface area contributed by atoms with Crippen molar-refractivity contribution in [2.75, 3.05) is 0 Å². The molecule has 0 spiro atoms. The zero-order valence-electron chi connectivity index (χ0n) is 5.98. The van der Waals surface area contributed by atoms with E-state index in [1.54, 1.807) is 0 Å². The van der Waals surface area contributed by atoms with Crippen LogP contribution >= 0.6 is 0 Å². The van der Waals surface area contributed by atoms with E-state index in [2.05, 4.69) is 0 Å². The van der Waals surface area contributed by atoms with Crippen molar-refractivity contribution in [1.82, 2.24) is 0 Å². The summed E-state index contributed by atoms with van der Waals surface area (Å²) in [5, 5.41) is 17.2. The van der Waals surface area contributed by atoms with Crippen molar-refractivity contribution in [3.63, 3.8) is 0 Å². The van der Waals surface area contributed by atoms with E-state index in [4.69, 9.17) is 10.2 Å². The Hall–Kier alpha value is -1.49. The Labute approximate surface area is 67.3 Å². The normalized spacial score (nSPS) is 23.8. The van der Waals surface area contributed by atoms with Gasteiger partial charge in [0.2, 0.25) is 0 Å². The second-order valence-corrected chi connectivity index (χ2v) is 2.42. The first-order chi connectivity index (χ1) is 5.52. The lowest BCUT2D eigenvalue weighted by atomic mass is 9.95. The quantitative estimate of drug-likeness (QED) is 0.487. The number of carboxylic acids is 1. The summed E-state index contributed by atoms with van der Waals surface area (Å²) in [5.74, 6) is -2.92. The molecule has 1 rings (SSSR count). The molecule has 0 amide bonds. The molecule has 5 heteroatoms. The average molecular weight is 170 g/mol. The molecule has 0 bridgehead atoms. The van der Waals surface area contributed by atoms with Crippen LogP contribution in [-0.2, 0) is 14.4 Å². The van der Waals surface area contributed by atoms with E-state index in [0.29, 0.717) is 0 Å². The number of carbonyl (C=O) groups is 3. The average Bonchev–Trinajstić information content (AvgIpc) is 1.99. The number of carbonyl (C=O) groups excluding carboxylic acids is 2. The zero-order valence-corrected chi connectivity index (χ0v) is 5.98. The van der Waals surface area contributed by atoms with Gasteiger partial charge in [-0.05, 0) is 6.08 Å². The lowest BCUT2D eigenvalue weighted by Crippen LogP contribution is -2.33. The van der Waals surface area contributed by atoms with Gasteiger partial charge < -0.3 is 10.2 Å². The minimum Gasteiger partial charge on any atom is -0.478 e. The fourth-order valence-electron chi connectivity index (χ4n) is 0.882. The van der Waals surface area contributed by atoms with E-state index >= 15 is 0 Å². The van der Waals surface area contributed by atoms with Gasteiger partial charge in [-0.2, -0.15) is 0 Å². The van der Waals surface area contributed by atoms with Gasteiger partial charge in [0.15, 0.2) is 17.7 Å². The smallest absolute Gasteiger partial charge is 0.332 e. The van der Waals surface area contributed by atoms with E-state index in [-0.39, 0.29) is 12.0 Å². The van der Waals surface area contributed by atoms with Gasteiger partial charge in [0.1, 0.15) is 0 Å². The third-order valence-corrected chi connectivity index (χ3v) is 1.53. The largest absolute Gasteiger partial charge is 0.478 e. The minimum absolute atomic E-state index is 0.268. The van der Waals surface area contributed by atoms with Gasteiger partial charge in [-0.15, -0.1) is 0 Å². The molecule has 1 unspecified atom stereocenters. The molecule has 0 fully saturated rings. The summed E-state index contributed by atoms with van der Waals surface area (Å²) >= 11 is 0. The summed E-state index contributed by atoms with van der Waals surface area (Å²) < 4.78 is 0. The maximum Gasteiger partial charge on any atom is 0.332 e. The number of hydrogen-bond donors (Lipinski definition) is 2. The number of aliphatic hydroxyl groups excluding tert-OH is 1. The van der Waals surface area contributed by atoms with Crippen LogP contribution in [0.15, 0.2) is 11.6 Å². The molecule has 1 aliphatic carbocycles. The SMILES string of the molecule is O=C(O)C1=CC(=O)C(O)C(=O)C1. The fourth-order valence-corrected chi connectivity index (χ4v) is 0.882. The molecule has 2 N–H and O–H groups in total. The maximum absolute atomic E-state index is 10.7. The molecule has 0 radical (unpaired) electrons. The second-order valence-electron chi connectivity index (χ2n) is 2.42. The summed E-state index contributed by atoms with van der Waals surface area (Å²) in [6.07, 6.45) is -1.27. The van der Waals surface area contributed by atoms with Gasteiger partial charge in [-0.3, -0.25) is 9.59 Å². The Balaban J connectivity index is 2.96. The Morgan fingerprint density at radius 1 is 1.50 bits per heavy atom. The highest BCUT2D eigenvalue weighted by Gasteiger charge is 2.30. The number of carboxylic acid groups (broad SMARTS) is 1. The van der Waals surface area contributed by atoms with Crippen molar-refractivity contribution in [1.29, 1.82) is 0 Å². The van der Waals surface area contributed by atoms with Crippen molar-refractivity contribution in [3.8, 4) is 0 Å². The third kappa shape index (κ3) is 1.40. The zero-order chi connectivity index (χ0) is 9.30. The minimum atomic E-state index is -1.67. The van der Waals surface area contributed by atoms with Crippen molar-refractivity contribution in [3.05, 3.63) is 11.6 Å². The molecule has 0 aromatic heterocycles. The second kappa shape index (κ2) is 2.86. The number of hydrogen-bond acceptors (Lipinski definition) is 4. The third-order valence-electron chi connectivity index (χ3n) is 1.53. The Morgan fingerprint density at radius 2 is 2.08 bits per heavy atom. The van der Waals surface area contributed by atoms with E-state index in [1.165, 1.54) is 0 Å². The lowest BCUT2D eigenvalue weighted by Gasteiger charge is -2.11. The fraction of sp³-hybridized carbons (Fsp3) is 0.286. The van der Waals surface area contributed by atoms with Crippen LogP contribution in [0.4, 0.5) is 0 Å². The van der Waals surface area contributed by atoms with Crippen LogP contribution in [0.1, 0.15) is 6.42 Å². The van der Waals surface area contributed by atoms with Crippen LogP contribution in [0, 0.1) is 0 Å². The highest BCUT2D eigenvalue weighted by Crippen LogP contribution is 2.12. The number of rotatable bonds is 1. The molecule has 5 nitrogen and oxygen atoms in total. The molecule has 1 atom stereocenters. The van der Waals surface area contributed by atoms with E-state index in [0.717, 1.165) is 6.08 Å². The summed E-state index contributed by atoms with van der Waals surface area (Å²) in [7, 11) is 0. The standard InChI is InChI=1S/C7H6O5/c8-4-1-3(7(11)12)2-5(9)6(4)10/h1,6,10H,2H2,(H,11,12). The summed E-state index contributed by atoms with van der Waals surface area (Å²) in [6.45, 7) is 0. The van der Waals surface area contributed by atoms with Crippen molar-refractivity contribution in [2.24, 2.45) is 0 Å². The number of aliphatic carboxylic acids is 1. The first-order valence-corrected chi connectivity index (χ1v) is 3.21. The number of Topliss-reactive ketones (excluding diaryl/α,β-unsaturated/α-hetero) is 1. The summed E-state index contributed by atoms with van der Waals surface area (Å²) in [4.78, 5) is 31.8. The number of aliphatic hydroxyl groups is 1. The van der Waals surface area contributed by atoms with Gasteiger partial charge >= 0.3 is 5.97 Å². The maximum atomic E-state index is 10.7. The van der Waals surface area contributed by atoms with E-state index in [1.807, 2.05) is 0 Å². The van der Waals surface area contributed by atoms with Gasteiger partial charge in [0, 0.05) is 12.0 Å².